The number of fused-ring (bicyclic) bond motifs is 1. The van der Waals surface area contributed by atoms with Gasteiger partial charge in [0.25, 0.3) is 5.91 Å². The molecule has 1 fully saturated rings. The summed E-state index contributed by atoms with van der Waals surface area (Å²) in [5.74, 6) is 0.176. The van der Waals surface area contributed by atoms with Gasteiger partial charge in [-0.1, -0.05) is 11.8 Å². The molecule has 8 nitrogen and oxygen atoms in total. The van der Waals surface area contributed by atoms with Gasteiger partial charge in [0.15, 0.2) is 11.4 Å². The molecule has 1 aliphatic carbocycles. The van der Waals surface area contributed by atoms with E-state index in [0.29, 0.717) is 26.2 Å². The molecule has 1 amide bonds. The number of nitrogens with zero attached hydrogens (tertiary/aromatic N) is 4. The molecule has 0 bridgehead atoms. The average molecular weight is 472 g/mol. The lowest BCUT2D eigenvalue weighted by atomic mass is 10.0. The van der Waals surface area contributed by atoms with E-state index in [4.69, 9.17) is 0 Å². The molecule has 32 heavy (non-hydrogen) atoms. The van der Waals surface area contributed by atoms with Crippen molar-refractivity contribution in [1.82, 2.24) is 20.3 Å². The number of aliphatic hydroxyl groups is 1. The molecular weight excluding hydrogens is 446 g/mol. The summed E-state index contributed by atoms with van der Waals surface area (Å²) in [6.07, 6.45) is 1.88. The van der Waals surface area contributed by atoms with Crippen molar-refractivity contribution in [3.63, 3.8) is 0 Å². The number of hydrogen-bond donors (Lipinski definition) is 2. The summed E-state index contributed by atoms with van der Waals surface area (Å²) in [7, 11) is 3.72. The first-order valence-corrected chi connectivity index (χ1v) is 12.1. The van der Waals surface area contributed by atoms with Gasteiger partial charge in [0.1, 0.15) is 10.5 Å². The van der Waals surface area contributed by atoms with E-state index < -0.39 is 11.5 Å². The lowest BCUT2D eigenvalue weighted by Gasteiger charge is -2.20. The Morgan fingerprint density at radius 1 is 1.22 bits per heavy atom. The molecule has 3 aromatic heterocycles. The summed E-state index contributed by atoms with van der Waals surface area (Å²) in [4.78, 5) is 41.7. The van der Waals surface area contributed by atoms with E-state index in [1.165, 1.54) is 18.7 Å². The van der Waals surface area contributed by atoms with E-state index in [2.05, 4.69) is 20.3 Å². The molecule has 0 saturated heterocycles. The number of carbonyl (C=O) groups is 2. The van der Waals surface area contributed by atoms with E-state index >= 15 is 0 Å². The molecule has 1 saturated carbocycles. The zero-order chi connectivity index (χ0) is 23.0. The smallest absolute Gasteiger partial charge is 0.257 e. The molecule has 4 rings (SSSR count). The maximum atomic E-state index is 12.9. The number of thioether (sulfide) groups is 1. The van der Waals surface area contributed by atoms with Crippen molar-refractivity contribution in [3.8, 4) is 0 Å². The van der Waals surface area contributed by atoms with Crippen LogP contribution >= 0.6 is 23.1 Å². The van der Waals surface area contributed by atoms with Crippen LogP contribution in [0.25, 0.3) is 11.0 Å². The van der Waals surface area contributed by atoms with Crippen molar-refractivity contribution >= 4 is 51.8 Å². The van der Waals surface area contributed by atoms with Crippen LogP contribution in [0, 0.1) is 6.92 Å². The number of hydrogen-bond acceptors (Lipinski definition) is 9. The number of thiophene rings is 1. The number of ketones is 1. The zero-order valence-corrected chi connectivity index (χ0v) is 20.0. The minimum Gasteiger partial charge on any atom is -0.375 e. The number of aromatic nitrogens is 3. The highest BCUT2D eigenvalue weighted by molar-refractivity contribution is 8.00. The van der Waals surface area contributed by atoms with Crippen LogP contribution in [0.15, 0.2) is 29.3 Å². The van der Waals surface area contributed by atoms with Gasteiger partial charge in [-0.15, -0.1) is 11.3 Å². The third-order valence-electron chi connectivity index (χ3n) is 5.09. The van der Waals surface area contributed by atoms with Crippen molar-refractivity contribution in [1.29, 1.82) is 0 Å². The average Bonchev–Trinajstić information content (AvgIpc) is 3.41. The predicted molar refractivity (Wildman–Crippen MR) is 127 cm³/mol. The highest BCUT2D eigenvalue weighted by Crippen LogP contribution is 2.32. The largest absolute Gasteiger partial charge is 0.375 e. The Labute approximate surface area is 194 Å². The van der Waals surface area contributed by atoms with Crippen molar-refractivity contribution < 1.29 is 14.7 Å². The number of amides is 1. The van der Waals surface area contributed by atoms with E-state index in [-0.39, 0.29) is 17.6 Å². The minimum absolute atomic E-state index is 0.101. The summed E-state index contributed by atoms with van der Waals surface area (Å²) in [5, 5.41) is 14.2. The molecule has 10 heteroatoms. The Bertz CT molecular complexity index is 1190. The summed E-state index contributed by atoms with van der Waals surface area (Å²) in [5.41, 5.74) is 0.575. The molecule has 3 aromatic rings. The number of anilines is 1. The van der Waals surface area contributed by atoms with Crippen LogP contribution in [-0.4, -0.2) is 57.6 Å². The molecule has 0 radical (unpaired) electrons. The molecule has 168 valence electrons. The van der Waals surface area contributed by atoms with Gasteiger partial charge in [0, 0.05) is 30.7 Å². The van der Waals surface area contributed by atoms with Gasteiger partial charge in [-0.25, -0.2) is 15.0 Å². The van der Waals surface area contributed by atoms with Gasteiger partial charge in [0.05, 0.1) is 16.1 Å². The molecule has 0 spiro atoms. The van der Waals surface area contributed by atoms with Crippen LogP contribution < -0.4 is 10.2 Å². The second-order valence-corrected chi connectivity index (χ2v) is 10.3. The second-order valence-electron chi connectivity index (χ2n) is 8.24. The summed E-state index contributed by atoms with van der Waals surface area (Å²) in [6.45, 7) is 3.36. The lowest BCUT2D eigenvalue weighted by molar-refractivity contribution is -0.138. The normalized spacial score (nSPS) is 15.4. The van der Waals surface area contributed by atoms with Gasteiger partial charge in [0.2, 0.25) is 5.95 Å². The van der Waals surface area contributed by atoms with E-state index in [1.807, 2.05) is 38.1 Å². The number of pyridine rings is 1. The fourth-order valence-electron chi connectivity index (χ4n) is 2.99. The third kappa shape index (κ3) is 4.77. The number of rotatable bonds is 8. The number of nitrogens with one attached hydrogen (secondary N) is 1. The van der Waals surface area contributed by atoms with Crippen molar-refractivity contribution in [2.24, 2.45) is 0 Å². The summed E-state index contributed by atoms with van der Waals surface area (Å²) >= 11 is 2.45. The maximum absolute atomic E-state index is 12.9. The SMILES string of the molecule is Cc1ccc2nc(N(C)C)nc(SCC(=O)c3ccc([C@@](C)(O)C(=O)NC4CC4)s3)c2n1. The van der Waals surface area contributed by atoms with Crippen LogP contribution in [0.1, 0.15) is 40.0 Å². The first-order chi connectivity index (χ1) is 15.1. The monoisotopic (exact) mass is 471 g/mol. The Balaban J connectivity index is 1.51. The Hall–Kier alpha value is -2.56. The zero-order valence-electron chi connectivity index (χ0n) is 18.4. The molecule has 1 atom stereocenters. The molecule has 1 aliphatic rings. The van der Waals surface area contributed by atoms with Gasteiger partial charge in [-0.05, 0) is 51.0 Å². The molecule has 0 aromatic carbocycles. The van der Waals surface area contributed by atoms with E-state index in [1.54, 1.807) is 12.1 Å². The lowest BCUT2D eigenvalue weighted by Crippen LogP contribution is -2.42. The summed E-state index contributed by atoms with van der Waals surface area (Å²) in [6, 6.07) is 7.25. The fraction of sp³-hybridized carbons (Fsp3) is 0.409. The number of carbonyl (C=O) groups excluding carboxylic acids is 2. The Morgan fingerprint density at radius 2 is 1.97 bits per heavy atom. The van der Waals surface area contributed by atoms with E-state index in [9.17, 15) is 14.7 Å². The van der Waals surface area contributed by atoms with Gasteiger partial charge in [-0.2, -0.15) is 0 Å². The Kier molecular flexibility index (Phi) is 6.19. The Morgan fingerprint density at radius 3 is 2.66 bits per heavy atom. The van der Waals surface area contributed by atoms with Crippen molar-refractivity contribution in [2.45, 2.75) is 43.4 Å². The molecule has 3 heterocycles. The highest BCUT2D eigenvalue weighted by Gasteiger charge is 2.37. The molecule has 0 unspecified atom stereocenters. The van der Waals surface area contributed by atoms with Crippen LogP contribution in [0.4, 0.5) is 5.95 Å². The van der Waals surface area contributed by atoms with E-state index in [0.717, 1.165) is 35.4 Å². The van der Waals surface area contributed by atoms with Crippen LogP contribution in [0.2, 0.25) is 0 Å². The standard InChI is InChI=1S/C22H25N5O3S2/c1-12-5-8-14-18(23-12)19(26-21(25-14)27(3)4)31-11-15(28)16-9-10-17(32-16)22(2,30)20(29)24-13-6-7-13/h5,8-10,13,30H,6-7,11H2,1-4H3,(H,24,29)/t22-/m1/s1. The first kappa shape index (κ1) is 22.6. The molecular formula is C22H25N5O3S2. The number of Topliss-reactive ketones (excluding diaryl/α,β-unsaturated/α-hetero) is 1. The van der Waals surface area contributed by atoms with Gasteiger partial charge >= 0.3 is 0 Å². The van der Waals surface area contributed by atoms with Crippen LogP contribution in [0.5, 0.6) is 0 Å². The van der Waals surface area contributed by atoms with Crippen molar-refractivity contribution in [3.05, 3.63) is 39.7 Å². The quantitative estimate of drug-likeness (QED) is 0.293. The first-order valence-electron chi connectivity index (χ1n) is 10.3. The summed E-state index contributed by atoms with van der Waals surface area (Å²) < 4.78 is 0. The second kappa shape index (κ2) is 8.76. The third-order valence-corrected chi connectivity index (χ3v) is 7.39. The van der Waals surface area contributed by atoms with Crippen LogP contribution in [0.3, 0.4) is 0 Å². The topological polar surface area (TPSA) is 108 Å². The predicted octanol–water partition coefficient (Wildman–Crippen LogP) is 2.92. The number of aryl methyl sites for hydroxylation is 1. The van der Waals surface area contributed by atoms with Crippen LogP contribution in [-0.2, 0) is 10.4 Å². The highest BCUT2D eigenvalue weighted by atomic mass is 32.2. The fourth-order valence-corrected chi connectivity index (χ4v) is 4.93. The van der Waals surface area contributed by atoms with Gasteiger partial charge < -0.3 is 15.3 Å². The van der Waals surface area contributed by atoms with Gasteiger partial charge in [-0.3, -0.25) is 9.59 Å². The minimum atomic E-state index is -1.66. The maximum Gasteiger partial charge on any atom is 0.257 e. The molecule has 2 N–H and O–H groups in total. The van der Waals surface area contributed by atoms with Crippen molar-refractivity contribution in [2.75, 3.05) is 24.7 Å². The molecule has 0 aliphatic heterocycles.